The first-order chi connectivity index (χ1) is 10.8. The van der Waals surface area contributed by atoms with Crippen LogP contribution in [0.5, 0.6) is 0 Å². The molecule has 0 saturated heterocycles. The lowest BCUT2D eigenvalue weighted by Gasteiger charge is -2.29. The van der Waals surface area contributed by atoms with Crippen LogP contribution in [-0.4, -0.2) is 36.5 Å². The molecule has 2 aliphatic rings. The summed E-state index contributed by atoms with van der Waals surface area (Å²) < 4.78 is 0. The standard InChI is InChI=1S/C19H28N2O.ClH/c22-19(15-20-14-17-10-11-17)21(18-8-4-5-9-18)13-12-16-6-2-1-3-7-16;/h1-3,6-7,17-18,20H,4-5,8-15H2;1H. The van der Waals surface area contributed by atoms with Gasteiger partial charge in [-0.25, -0.2) is 0 Å². The van der Waals surface area contributed by atoms with E-state index in [4.69, 9.17) is 0 Å². The molecule has 1 amide bonds. The molecule has 0 atom stereocenters. The Kier molecular flexibility index (Phi) is 7.38. The molecular weight excluding hydrogens is 308 g/mol. The van der Waals surface area contributed by atoms with Gasteiger partial charge in [-0.1, -0.05) is 43.2 Å². The summed E-state index contributed by atoms with van der Waals surface area (Å²) in [6.07, 6.45) is 8.55. The van der Waals surface area contributed by atoms with Crippen LogP contribution >= 0.6 is 12.4 Å². The molecular formula is C19H29ClN2O. The molecule has 23 heavy (non-hydrogen) atoms. The van der Waals surface area contributed by atoms with Crippen LogP contribution in [0.4, 0.5) is 0 Å². The van der Waals surface area contributed by atoms with E-state index >= 15 is 0 Å². The second-order valence-corrected chi connectivity index (χ2v) is 6.84. The van der Waals surface area contributed by atoms with Crippen molar-refractivity contribution in [2.24, 2.45) is 5.92 Å². The van der Waals surface area contributed by atoms with Crippen molar-refractivity contribution in [1.29, 1.82) is 0 Å². The third-order valence-electron chi connectivity index (χ3n) is 4.98. The number of carbonyl (C=O) groups excluding carboxylic acids is 1. The molecule has 4 heteroatoms. The van der Waals surface area contributed by atoms with E-state index in [2.05, 4.69) is 34.5 Å². The van der Waals surface area contributed by atoms with E-state index in [9.17, 15) is 4.79 Å². The summed E-state index contributed by atoms with van der Waals surface area (Å²) in [4.78, 5) is 14.8. The van der Waals surface area contributed by atoms with E-state index in [1.807, 2.05) is 6.07 Å². The fourth-order valence-corrected chi connectivity index (χ4v) is 3.43. The number of hydrogen-bond donors (Lipinski definition) is 1. The van der Waals surface area contributed by atoms with Crippen LogP contribution in [0.1, 0.15) is 44.1 Å². The summed E-state index contributed by atoms with van der Waals surface area (Å²) in [6.45, 7) is 2.39. The Morgan fingerprint density at radius 1 is 1.09 bits per heavy atom. The Bertz CT molecular complexity index is 470. The normalized spacial score (nSPS) is 17.7. The monoisotopic (exact) mass is 336 g/mol. The van der Waals surface area contributed by atoms with Gasteiger partial charge in [-0.15, -0.1) is 12.4 Å². The first-order valence-corrected chi connectivity index (χ1v) is 8.87. The molecule has 3 rings (SSSR count). The minimum atomic E-state index is 0. The van der Waals surface area contributed by atoms with Crippen LogP contribution < -0.4 is 5.32 Å². The Morgan fingerprint density at radius 2 is 1.78 bits per heavy atom. The minimum absolute atomic E-state index is 0. The second-order valence-electron chi connectivity index (χ2n) is 6.84. The maximum Gasteiger partial charge on any atom is 0.236 e. The van der Waals surface area contributed by atoms with Gasteiger partial charge in [0.2, 0.25) is 5.91 Å². The molecule has 2 saturated carbocycles. The summed E-state index contributed by atoms with van der Waals surface area (Å²) in [5.74, 6) is 1.13. The summed E-state index contributed by atoms with van der Waals surface area (Å²) in [6, 6.07) is 11.0. The fourth-order valence-electron chi connectivity index (χ4n) is 3.43. The number of rotatable bonds is 8. The van der Waals surface area contributed by atoms with Crippen molar-refractivity contribution in [2.75, 3.05) is 19.6 Å². The lowest BCUT2D eigenvalue weighted by molar-refractivity contribution is -0.132. The Morgan fingerprint density at radius 3 is 2.43 bits per heavy atom. The lowest BCUT2D eigenvalue weighted by Crippen LogP contribution is -2.45. The van der Waals surface area contributed by atoms with E-state index < -0.39 is 0 Å². The third kappa shape index (κ3) is 5.82. The first kappa shape index (κ1) is 18.3. The number of amides is 1. The van der Waals surface area contributed by atoms with Gasteiger partial charge in [0.05, 0.1) is 6.54 Å². The zero-order valence-electron chi connectivity index (χ0n) is 13.9. The quantitative estimate of drug-likeness (QED) is 0.789. The predicted molar refractivity (Wildman–Crippen MR) is 97.0 cm³/mol. The molecule has 1 aromatic rings. The molecule has 0 aromatic heterocycles. The SMILES string of the molecule is Cl.O=C(CNCC1CC1)N(CCc1ccccc1)C1CCCC1. The zero-order chi connectivity index (χ0) is 15.2. The molecule has 1 N–H and O–H groups in total. The molecule has 2 aliphatic carbocycles. The van der Waals surface area contributed by atoms with Crippen LogP contribution in [0, 0.1) is 5.92 Å². The van der Waals surface area contributed by atoms with Crippen molar-refractivity contribution < 1.29 is 4.79 Å². The summed E-state index contributed by atoms with van der Waals surface area (Å²) in [5.41, 5.74) is 1.32. The predicted octanol–water partition coefficient (Wildman–Crippen LogP) is 3.42. The zero-order valence-corrected chi connectivity index (χ0v) is 14.7. The van der Waals surface area contributed by atoms with Gasteiger partial charge in [0, 0.05) is 12.6 Å². The summed E-state index contributed by atoms with van der Waals surface area (Å²) in [7, 11) is 0. The van der Waals surface area contributed by atoms with Crippen LogP contribution in [-0.2, 0) is 11.2 Å². The van der Waals surface area contributed by atoms with E-state index in [-0.39, 0.29) is 12.4 Å². The van der Waals surface area contributed by atoms with Crippen molar-refractivity contribution in [1.82, 2.24) is 10.2 Å². The van der Waals surface area contributed by atoms with Crippen LogP contribution in [0.3, 0.4) is 0 Å². The van der Waals surface area contributed by atoms with Gasteiger partial charge in [0.15, 0.2) is 0 Å². The highest BCUT2D eigenvalue weighted by Gasteiger charge is 2.27. The highest BCUT2D eigenvalue weighted by atomic mass is 35.5. The Balaban J connectivity index is 0.00000192. The highest BCUT2D eigenvalue weighted by Crippen LogP contribution is 2.27. The average Bonchev–Trinajstić information content (AvgIpc) is 3.21. The molecule has 3 nitrogen and oxygen atoms in total. The molecule has 0 unspecified atom stereocenters. The molecule has 0 radical (unpaired) electrons. The van der Waals surface area contributed by atoms with Gasteiger partial charge in [0.25, 0.3) is 0 Å². The van der Waals surface area contributed by atoms with Crippen molar-refractivity contribution in [2.45, 2.75) is 51.0 Å². The second kappa shape index (κ2) is 9.29. The summed E-state index contributed by atoms with van der Waals surface area (Å²) >= 11 is 0. The molecule has 2 fully saturated rings. The number of hydrogen-bond acceptors (Lipinski definition) is 2. The number of nitrogens with zero attached hydrogens (tertiary/aromatic N) is 1. The number of carbonyl (C=O) groups is 1. The third-order valence-corrected chi connectivity index (χ3v) is 4.98. The number of nitrogens with one attached hydrogen (secondary N) is 1. The van der Waals surface area contributed by atoms with Crippen LogP contribution in [0.2, 0.25) is 0 Å². The maximum atomic E-state index is 12.6. The van der Waals surface area contributed by atoms with E-state index in [1.165, 1.54) is 44.1 Å². The van der Waals surface area contributed by atoms with Crippen molar-refractivity contribution in [3.8, 4) is 0 Å². The minimum Gasteiger partial charge on any atom is -0.338 e. The van der Waals surface area contributed by atoms with E-state index in [0.29, 0.717) is 18.5 Å². The molecule has 0 spiro atoms. The van der Waals surface area contributed by atoms with Gasteiger partial charge < -0.3 is 10.2 Å². The lowest BCUT2D eigenvalue weighted by atomic mass is 10.1. The first-order valence-electron chi connectivity index (χ1n) is 8.87. The molecule has 0 bridgehead atoms. The number of halogens is 1. The van der Waals surface area contributed by atoms with Crippen molar-refractivity contribution in [3.05, 3.63) is 35.9 Å². The smallest absolute Gasteiger partial charge is 0.236 e. The molecule has 1 aromatic carbocycles. The topological polar surface area (TPSA) is 32.3 Å². The van der Waals surface area contributed by atoms with Crippen LogP contribution in [0.15, 0.2) is 30.3 Å². The van der Waals surface area contributed by atoms with Crippen molar-refractivity contribution in [3.63, 3.8) is 0 Å². The van der Waals surface area contributed by atoms with E-state index in [1.54, 1.807) is 0 Å². The molecule has 0 aliphatic heterocycles. The fraction of sp³-hybridized carbons (Fsp3) is 0.632. The highest BCUT2D eigenvalue weighted by molar-refractivity contribution is 5.85. The largest absolute Gasteiger partial charge is 0.338 e. The number of benzene rings is 1. The average molecular weight is 337 g/mol. The van der Waals surface area contributed by atoms with Gasteiger partial charge in [0.1, 0.15) is 0 Å². The van der Waals surface area contributed by atoms with Crippen LogP contribution in [0.25, 0.3) is 0 Å². The van der Waals surface area contributed by atoms with Gasteiger partial charge in [-0.05, 0) is 50.1 Å². The maximum absolute atomic E-state index is 12.6. The van der Waals surface area contributed by atoms with Gasteiger partial charge in [-0.2, -0.15) is 0 Å². The Hall–Kier alpha value is -1.06. The van der Waals surface area contributed by atoms with Crippen molar-refractivity contribution >= 4 is 18.3 Å². The Labute approximate surface area is 146 Å². The van der Waals surface area contributed by atoms with Gasteiger partial charge in [-0.3, -0.25) is 4.79 Å². The van der Waals surface area contributed by atoms with E-state index in [0.717, 1.165) is 25.4 Å². The van der Waals surface area contributed by atoms with Gasteiger partial charge >= 0.3 is 0 Å². The summed E-state index contributed by atoms with van der Waals surface area (Å²) in [5, 5.41) is 3.36. The molecule has 128 valence electrons. The molecule has 0 heterocycles.